The van der Waals surface area contributed by atoms with Crippen molar-refractivity contribution >= 4 is 57.6 Å². The smallest absolute Gasteiger partial charge is 0.272 e. The van der Waals surface area contributed by atoms with E-state index in [0.717, 1.165) is 40.8 Å². The summed E-state index contributed by atoms with van der Waals surface area (Å²) in [5, 5.41) is 18.8. The van der Waals surface area contributed by atoms with Gasteiger partial charge in [-0.3, -0.25) is 14.4 Å². The van der Waals surface area contributed by atoms with Crippen molar-refractivity contribution in [3.05, 3.63) is 117 Å². The van der Waals surface area contributed by atoms with Gasteiger partial charge in [-0.15, -0.1) is 23.1 Å². The van der Waals surface area contributed by atoms with Crippen molar-refractivity contribution in [2.24, 2.45) is 5.92 Å². The third-order valence-corrected chi connectivity index (χ3v) is 10.4. The van der Waals surface area contributed by atoms with E-state index in [2.05, 4.69) is 28.9 Å². The van der Waals surface area contributed by atoms with Crippen LogP contribution >= 0.6 is 23.1 Å². The molecule has 3 aromatic carbocycles. The third-order valence-electron chi connectivity index (χ3n) is 7.91. The summed E-state index contributed by atoms with van der Waals surface area (Å²) in [4.78, 5) is 42.0. The Hall–Kier alpha value is -4.65. The van der Waals surface area contributed by atoms with Crippen LogP contribution in [0.25, 0.3) is 6.08 Å². The Morgan fingerprint density at radius 3 is 2.54 bits per heavy atom. The summed E-state index contributed by atoms with van der Waals surface area (Å²) < 4.78 is 0. The number of nitriles is 1. The summed E-state index contributed by atoms with van der Waals surface area (Å²) >= 11 is 2.92. The van der Waals surface area contributed by atoms with Gasteiger partial charge in [0, 0.05) is 21.0 Å². The largest absolute Gasteiger partial charge is 0.321 e. The average molecular weight is 649 g/mol. The highest BCUT2D eigenvalue weighted by Crippen LogP contribution is 2.40. The maximum Gasteiger partial charge on any atom is 0.272 e. The van der Waals surface area contributed by atoms with Crippen LogP contribution in [-0.2, 0) is 22.4 Å². The Balaban J connectivity index is 1.31. The minimum absolute atomic E-state index is 0.105. The highest BCUT2D eigenvalue weighted by molar-refractivity contribution is 8.00. The molecule has 7 nitrogen and oxygen atoms in total. The van der Waals surface area contributed by atoms with Crippen molar-refractivity contribution in [3.8, 4) is 6.07 Å². The SMILES string of the molecule is CCC(Sc1cccc(NC(=O)/C(=C/c2ccccc2C)NC(=O)c2ccccc2)c1)C(=O)Nc1sc2c(c1C#N)CCC(C)C2. The minimum atomic E-state index is -0.473. The number of aryl methyl sites for hydroxylation is 1. The van der Waals surface area contributed by atoms with E-state index in [0.29, 0.717) is 34.2 Å². The van der Waals surface area contributed by atoms with Crippen LogP contribution in [0.15, 0.2) is 89.5 Å². The van der Waals surface area contributed by atoms with Gasteiger partial charge >= 0.3 is 0 Å². The molecule has 0 saturated carbocycles. The van der Waals surface area contributed by atoms with Crippen LogP contribution in [0.3, 0.4) is 0 Å². The van der Waals surface area contributed by atoms with E-state index in [1.807, 2.05) is 62.4 Å². The van der Waals surface area contributed by atoms with Gasteiger partial charge in [0.05, 0.1) is 10.8 Å². The van der Waals surface area contributed by atoms with Crippen molar-refractivity contribution < 1.29 is 14.4 Å². The van der Waals surface area contributed by atoms with Crippen LogP contribution in [0.1, 0.15) is 64.2 Å². The molecule has 2 atom stereocenters. The molecule has 2 unspecified atom stereocenters. The number of carbonyl (C=O) groups is 3. The second kappa shape index (κ2) is 15.1. The number of nitrogens with one attached hydrogen (secondary N) is 3. The van der Waals surface area contributed by atoms with E-state index in [-0.39, 0.29) is 11.6 Å². The molecular weight excluding hydrogens is 613 g/mol. The zero-order chi connectivity index (χ0) is 32.6. The van der Waals surface area contributed by atoms with Crippen LogP contribution in [0.4, 0.5) is 10.7 Å². The Morgan fingerprint density at radius 1 is 1.04 bits per heavy atom. The van der Waals surface area contributed by atoms with E-state index in [9.17, 15) is 19.6 Å². The van der Waals surface area contributed by atoms with Crippen molar-refractivity contribution in [1.82, 2.24) is 5.32 Å². The fourth-order valence-electron chi connectivity index (χ4n) is 5.33. The van der Waals surface area contributed by atoms with Crippen LogP contribution in [0, 0.1) is 24.2 Å². The standard InChI is InChI=1S/C37H36N4O3S2/c1-4-32(36(44)41-37-30(22-38)29-18-17-23(2)19-33(29)46-37)45-28-16-10-15-27(21-28)39-35(43)31(20-26-14-9-8-11-24(26)3)40-34(42)25-12-6-5-7-13-25/h5-16,20-21,23,32H,4,17-19H2,1-3H3,(H,39,43)(H,40,42)(H,41,44)/b31-20-. The molecule has 9 heteroatoms. The average Bonchev–Trinajstić information content (AvgIpc) is 3.40. The fourth-order valence-corrected chi connectivity index (χ4v) is 7.71. The van der Waals surface area contributed by atoms with Crippen molar-refractivity contribution in [3.63, 3.8) is 0 Å². The molecule has 3 amide bonds. The lowest BCUT2D eigenvalue weighted by Crippen LogP contribution is -2.30. The fraction of sp³-hybridized carbons (Fsp3) is 0.243. The van der Waals surface area contributed by atoms with E-state index >= 15 is 0 Å². The molecule has 46 heavy (non-hydrogen) atoms. The number of anilines is 2. The first kappa shape index (κ1) is 32.7. The summed E-state index contributed by atoms with van der Waals surface area (Å²) in [6.45, 7) is 6.11. The molecule has 0 bridgehead atoms. The first-order valence-corrected chi connectivity index (χ1v) is 17.0. The second-order valence-electron chi connectivity index (χ2n) is 11.4. The first-order valence-electron chi connectivity index (χ1n) is 15.3. The molecule has 1 aliphatic rings. The predicted octanol–water partition coefficient (Wildman–Crippen LogP) is 7.97. The Labute approximate surface area is 278 Å². The molecule has 0 spiro atoms. The first-order chi connectivity index (χ1) is 22.2. The molecule has 1 heterocycles. The maximum absolute atomic E-state index is 13.6. The van der Waals surface area contributed by atoms with E-state index in [1.165, 1.54) is 28.0 Å². The number of benzene rings is 3. The number of nitrogens with zero attached hydrogens (tertiary/aromatic N) is 1. The Kier molecular flexibility index (Phi) is 10.7. The topological polar surface area (TPSA) is 111 Å². The van der Waals surface area contributed by atoms with E-state index in [4.69, 9.17) is 0 Å². The molecule has 3 N–H and O–H groups in total. The van der Waals surface area contributed by atoms with Crippen LogP contribution in [-0.4, -0.2) is 23.0 Å². The molecule has 1 aromatic heterocycles. The zero-order valence-corrected chi connectivity index (χ0v) is 27.7. The van der Waals surface area contributed by atoms with Crippen LogP contribution < -0.4 is 16.0 Å². The molecule has 4 aromatic rings. The molecule has 5 rings (SSSR count). The number of carbonyl (C=O) groups excluding carboxylic acids is 3. The van der Waals surface area contributed by atoms with Crippen molar-refractivity contribution in [2.45, 2.75) is 56.6 Å². The van der Waals surface area contributed by atoms with Gasteiger partial charge in [-0.25, -0.2) is 0 Å². The number of thiophene rings is 1. The van der Waals surface area contributed by atoms with E-state index < -0.39 is 17.1 Å². The maximum atomic E-state index is 13.6. The van der Waals surface area contributed by atoms with Crippen molar-refractivity contribution in [2.75, 3.05) is 10.6 Å². The van der Waals surface area contributed by atoms with Crippen molar-refractivity contribution in [1.29, 1.82) is 5.26 Å². The number of rotatable bonds is 10. The molecule has 0 aliphatic heterocycles. The normalized spacial score (nSPS) is 14.8. The molecule has 1 aliphatic carbocycles. The van der Waals surface area contributed by atoms with Gasteiger partial charge in [0.2, 0.25) is 5.91 Å². The van der Waals surface area contributed by atoms with E-state index in [1.54, 1.807) is 36.4 Å². The van der Waals surface area contributed by atoms with Gasteiger partial charge in [0.25, 0.3) is 11.8 Å². The number of hydrogen-bond acceptors (Lipinski definition) is 6. The van der Waals surface area contributed by atoms with Gasteiger partial charge in [-0.05, 0) is 91.6 Å². The molecule has 0 radical (unpaired) electrons. The Morgan fingerprint density at radius 2 is 1.80 bits per heavy atom. The van der Waals surface area contributed by atoms with Gasteiger partial charge in [-0.1, -0.05) is 62.4 Å². The highest BCUT2D eigenvalue weighted by atomic mass is 32.2. The molecular formula is C37H36N4O3S2. The van der Waals surface area contributed by atoms with Crippen LogP contribution in [0.2, 0.25) is 0 Å². The number of amides is 3. The van der Waals surface area contributed by atoms with Gasteiger partial charge in [0.15, 0.2) is 0 Å². The summed E-state index contributed by atoms with van der Waals surface area (Å²) in [5.74, 6) is -0.448. The van der Waals surface area contributed by atoms with Crippen LogP contribution in [0.5, 0.6) is 0 Å². The minimum Gasteiger partial charge on any atom is -0.321 e. The monoisotopic (exact) mass is 648 g/mol. The van der Waals surface area contributed by atoms with Gasteiger partial charge in [0.1, 0.15) is 16.8 Å². The zero-order valence-electron chi connectivity index (χ0n) is 26.1. The number of fused-ring (bicyclic) bond motifs is 1. The third kappa shape index (κ3) is 7.94. The molecule has 234 valence electrons. The predicted molar refractivity (Wildman–Crippen MR) is 187 cm³/mol. The summed E-state index contributed by atoms with van der Waals surface area (Å²) in [6, 6.07) is 26.0. The molecule has 0 fully saturated rings. The number of hydrogen-bond donors (Lipinski definition) is 3. The lowest BCUT2D eigenvalue weighted by atomic mass is 9.88. The summed E-state index contributed by atoms with van der Waals surface area (Å²) in [6.07, 6.45) is 5.10. The number of thioether (sulfide) groups is 1. The second-order valence-corrected chi connectivity index (χ2v) is 13.8. The summed E-state index contributed by atoms with van der Waals surface area (Å²) in [5.41, 5.74) is 4.52. The Bertz CT molecular complexity index is 1820. The van der Waals surface area contributed by atoms with Gasteiger partial charge in [-0.2, -0.15) is 5.26 Å². The summed E-state index contributed by atoms with van der Waals surface area (Å²) in [7, 11) is 0. The lowest BCUT2D eigenvalue weighted by molar-refractivity contribution is -0.116. The lowest BCUT2D eigenvalue weighted by Gasteiger charge is -2.17. The highest BCUT2D eigenvalue weighted by Gasteiger charge is 2.27. The molecule has 0 saturated heterocycles. The quantitative estimate of drug-likeness (QED) is 0.119. The van der Waals surface area contributed by atoms with Gasteiger partial charge < -0.3 is 16.0 Å².